The number of ether oxygens (including phenoxy) is 2. The molecule has 0 spiro atoms. The summed E-state index contributed by atoms with van der Waals surface area (Å²) >= 11 is 0. The topological polar surface area (TPSA) is 35.5 Å². The number of ketones is 1. The Morgan fingerprint density at radius 1 is 1.26 bits per heavy atom. The Balaban J connectivity index is 1.88. The van der Waals surface area contributed by atoms with E-state index < -0.39 is 0 Å². The van der Waals surface area contributed by atoms with Gasteiger partial charge in [0.1, 0.15) is 0 Å². The van der Waals surface area contributed by atoms with Crippen LogP contribution in [0.1, 0.15) is 31.7 Å². The number of hydrogen-bond acceptors (Lipinski definition) is 3. The van der Waals surface area contributed by atoms with Crippen LogP contribution >= 0.6 is 0 Å². The second-order valence-electron chi connectivity index (χ2n) is 4.40. The van der Waals surface area contributed by atoms with E-state index in [4.69, 9.17) is 9.47 Å². The van der Waals surface area contributed by atoms with Crippen molar-refractivity contribution in [3.8, 4) is 11.5 Å². The first-order valence-electron chi connectivity index (χ1n) is 6.57. The Labute approximate surface area is 113 Å². The SMILES string of the molecule is CCCCC(=O)/C=C/C=C/c1ccc2c(c1)OCO2. The highest BCUT2D eigenvalue weighted by atomic mass is 16.7. The van der Waals surface area contributed by atoms with Gasteiger partial charge < -0.3 is 9.47 Å². The molecule has 1 aliphatic rings. The quantitative estimate of drug-likeness (QED) is 0.576. The van der Waals surface area contributed by atoms with Crippen LogP contribution in [0, 0.1) is 0 Å². The van der Waals surface area contributed by atoms with Crippen LogP contribution in [0.4, 0.5) is 0 Å². The van der Waals surface area contributed by atoms with E-state index in [1.807, 2.05) is 30.4 Å². The van der Waals surface area contributed by atoms with E-state index in [2.05, 4.69) is 6.92 Å². The third-order valence-electron chi connectivity index (χ3n) is 2.86. The van der Waals surface area contributed by atoms with Gasteiger partial charge in [0.15, 0.2) is 17.3 Å². The van der Waals surface area contributed by atoms with E-state index in [1.165, 1.54) is 0 Å². The number of carbonyl (C=O) groups excluding carboxylic acids is 1. The van der Waals surface area contributed by atoms with E-state index in [0.717, 1.165) is 29.9 Å². The van der Waals surface area contributed by atoms with Gasteiger partial charge in [-0.05, 0) is 30.2 Å². The molecule has 1 aromatic rings. The first kappa shape index (κ1) is 13.4. The Kier molecular flexibility index (Phi) is 4.78. The molecule has 0 fully saturated rings. The molecule has 0 saturated heterocycles. The minimum absolute atomic E-state index is 0.178. The standard InChI is InChI=1S/C16H18O3/c1-2-3-7-14(17)8-5-4-6-13-9-10-15-16(11-13)19-12-18-15/h4-6,8-11H,2-3,7,12H2,1H3/b6-4+,8-5+. The summed E-state index contributed by atoms with van der Waals surface area (Å²) in [5.74, 6) is 1.73. The third kappa shape index (κ3) is 3.98. The van der Waals surface area contributed by atoms with E-state index in [9.17, 15) is 4.79 Å². The number of allylic oxidation sites excluding steroid dienone is 3. The van der Waals surface area contributed by atoms with Crippen molar-refractivity contribution in [3.63, 3.8) is 0 Å². The van der Waals surface area contributed by atoms with E-state index in [1.54, 1.807) is 12.2 Å². The van der Waals surface area contributed by atoms with Crippen molar-refractivity contribution in [1.82, 2.24) is 0 Å². The van der Waals surface area contributed by atoms with Gasteiger partial charge in [-0.15, -0.1) is 0 Å². The van der Waals surface area contributed by atoms with Crippen LogP contribution in [0.2, 0.25) is 0 Å². The highest BCUT2D eigenvalue weighted by Crippen LogP contribution is 2.32. The van der Waals surface area contributed by atoms with Crippen molar-refractivity contribution in [2.24, 2.45) is 0 Å². The molecule has 0 aromatic heterocycles. The number of hydrogen-bond donors (Lipinski definition) is 0. The highest BCUT2D eigenvalue weighted by molar-refractivity contribution is 5.89. The lowest BCUT2D eigenvalue weighted by Crippen LogP contribution is -1.92. The number of fused-ring (bicyclic) bond motifs is 1. The smallest absolute Gasteiger partial charge is 0.231 e. The van der Waals surface area contributed by atoms with Crippen LogP contribution < -0.4 is 9.47 Å². The summed E-state index contributed by atoms with van der Waals surface area (Å²) in [7, 11) is 0. The molecule has 0 atom stereocenters. The summed E-state index contributed by atoms with van der Waals surface area (Å²) in [6.45, 7) is 2.37. The van der Waals surface area contributed by atoms with Crippen molar-refractivity contribution in [2.45, 2.75) is 26.2 Å². The van der Waals surface area contributed by atoms with Gasteiger partial charge in [0, 0.05) is 6.42 Å². The van der Waals surface area contributed by atoms with Gasteiger partial charge in [-0.2, -0.15) is 0 Å². The molecule has 0 saturated carbocycles. The van der Waals surface area contributed by atoms with E-state index in [0.29, 0.717) is 6.42 Å². The monoisotopic (exact) mass is 258 g/mol. The molecule has 2 rings (SSSR count). The van der Waals surface area contributed by atoms with Crippen LogP contribution in [0.25, 0.3) is 6.08 Å². The van der Waals surface area contributed by atoms with Gasteiger partial charge >= 0.3 is 0 Å². The molecule has 0 N–H and O–H groups in total. The summed E-state index contributed by atoms with van der Waals surface area (Å²) in [6.07, 6.45) is 9.83. The fourth-order valence-corrected chi connectivity index (χ4v) is 1.78. The first-order chi connectivity index (χ1) is 9.29. The fourth-order valence-electron chi connectivity index (χ4n) is 1.78. The third-order valence-corrected chi connectivity index (χ3v) is 2.86. The van der Waals surface area contributed by atoms with Crippen LogP contribution in [-0.2, 0) is 4.79 Å². The molecule has 0 unspecified atom stereocenters. The Morgan fingerprint density at radius 3 is 2.95 bits per heavy atom. The number of benzene rings is 1. The molecular formula is C16H18O3. The molecule has 19 heavy (non-hydrogen) atoms. The lowest BCUT2D eigenvalue weighted by Gasteiger charge is -1.96. The summed E-state index contributed by atoms with van der Waals surface area (Å²) in [6, 6.07) is 5.76. The maximum absolute atomic E-state index is 11.4. The number of rotatable bonds is 6. The van der Waals surface area contributed by atoms with Gasteiger partial charge in [-0.3, -0.25) is 4.79 Å². The van der Waals surface area contributed by atoms with Crippen LogP contribution in [0.5, 0.6) is 11.5 Å². The summed E-state index contributed by atoms with van der Waals surface area (Å²) in [4.78, 5) is 11.4. The van der Waals surface area contributed by atoms with Crippen LogP contribution in [0.15, 0.2) is 36.4 Å². The van der Waals surface area contributed by atoms with Crippen molar-refractivity contribution in [3.05, 3.63) is 42.0 Å². The molecule has 0 radical (unpaired) electrons. The zero-order valence-corrected chi connectivity index (χ0v) is 11.1. The molecular weight excluding hydrogens is 240 g/mol. The lowest BCUT2D eigenvalue weighted by atomic mass is 10.1. The van der Waals surface area contributed by atoms with Gasteiger partial charge in [-0.1, -0.05) is 37.6 Å². The molecule has 3 nitrogen and oxygen atoms in total. The predicted octanol–water partition coefficient (Wildman–Crippen LogP) is 3.74. The molecule has 0 aliphatic carbocycles. The molecule has 1 aliphatic heterocycles. The van der Waals surface area contributed by atoms with Gasteiger partial charge in [-0.25, -0.2) is 0 Å². The van der Waals surface area contributed by atoms with Crippen LogP contribution in [-0.4, -0.2) is 12.6 Å². The molecule has 0 amide bonds. The normalized spacial score (nSPS) is 13.5. The maximum Gasteiger partial charge on any atom is 0.231 e. The molecule has 1 aromatic carbocycles. The summed E-state index contributed by atoms with van der Waals surface area (Å²) < 4.78 is 10.5. The first-order valence-corrected chi connectivity index (χ1v) is 6.57. The largest absolute Gasteiger partial charge is 0.454 e. The molecule has 0 bridgehead atoms. The number of unbranched alkanes of at least 4 members (excludes halogenated alkanes) is 1. The van der Waals surface area contributed by atoms with Gasteiger partial charge in [0.25, 0.3) is 0 Å². The molecule has 1 heterocycles. The number of carbonyl (C=O) groups is 1. The van der Waals surface area contributed by atoms with Crippen molar-refractivity contribution < 1.29 is 14.3 Å². The Morgan fingerprint density at radius 2 is 2.11 bits per heavy atom. The highest BCUT2D eigenvalue weighted by Gasteiger charge is 2.11. The van der Waals surface area contributed by atoms with Crippen LogP contribution in [0.3, 0.4) is 0 Å². The Hall–Kier alpha value is -2.03. The summed E-state index contributed by atoms with van der Waals surface area (Å²) in [5.41, 5.74) is 1.02. The van der Waals surface area contributed by atoms with E-state index >= 15 is 0 Å². The zero-order valence-electron chi connectivity index (χ0n) is 11.1. The second kappa shape index (κ2) is 6.78. The average molecular weight is 258 g/mol. The maximum atomic E-state index is 11.4. The fraction of sp³-hybridized carbons (Fsp3) is 0.312. The lowest BCUT2D eigenvalue weighted by molar-refractivity contribution is -0.114. The van der Waals surface area contributed by atoms with E-state index in [-0.39, 0.29) is 12.6 Å². The summed E-state index contributed by atoms with van der Waals surface area (Å²) in [5, 5.41) is 0. The average Bonchev–Trinajstić information content (AvgIpc) is 2.88. The predicted molar refractivity (Wildman–Crippen MR) is 75.3 cm³/mol. The van der Waals surface area contributed by atoms with Crippen molar-refractivity contribution >= 4 is 11.9 Å². The molecule has 100 valence electrons. The second-order valence-corrected chi connectivity index (χ2v) is 4.40. The van der Waals surface area contributed by atoms with Gasteiger partial charge in [0.2, 0.25) is 6.79 Å². The van der Waals surface area contributed by atoms with Gasteiger partial charge in [0.05, 0.1) is 0 Å². The van der Waals surface area contributed by atoms with Crippen molar-refractivity contribution in [2.75, 3.05) is 6.79 Å². The van der Waals surface area contributed by atoms with Crippen molar-refractivity contribution in [1.29, 1.82) is 0 Å². The Bertz CT molecular complexity index is 501. The minimum Gasteiger partial charge on any atom is -0.454 e. The zero-order chi connectivity index (χ0) is 13.5. The molecule has 3 heteroatoms. The minimum atomic E-state index is 0.178.